The highest BCUT2D eigenvalue weighted by Gasteiger charge is 2.35. The molecule has 1 heterocycles. The molecule has 0 aliphatic rings. The van der Waals surface area contributed by atoms with Gasteiger partial charge in [-0.3, -0.25) is 18.1 Å². The average molecular weight is 499 g/mol. The predicted octanol–water partition coefficient (Wildman–Crippen LogP) is 5.92. The van der Waals surface area contributed by atoms with E-state index in [4.69, 9.17) is 7.85 Å². The first kappa shape index (κ1) is 24.8. The second-order valence-corrected chi connectivity index (χ2v) is 7.73. The van der Waals surface area contributed by atoms with Crippen LogP contribution in [0.3, 0.4) is 0 Å². The molecule has 0 fully saturated rings. The van der Waals surface area contributed by atoms with Crippen molar-refractivity contribution >= 4 is 61.9 Å². The van der Waals surface area contributed by atoms with Crippen molar-refractivity contribution in [3.05, 3.63) is 76.9 Å². The van der Waals surface area contributed by atoms with Crippen LogP contribution in [0.4, 0.5) is 36.7 Å². The molecule has 0 aliphatic carbocycles. The molecule has 0 amide bonds. The summed E-state index contributed by atoms with van der Waals surface area (Å²) in [6, 6.07) is 7.48. The van der Waals surface area contributed by atoms with E-state index in [0.29, 0.717) is 0 Å². The molecule has 170 valence electrons. The van der Waals surface area contributed by atoms with Gasteiger partial charge >= 0.3 is 6.18 Å². The molecule has 1 aromatic heterocycles. The standard InChI is InChI=1S/C20H12BF6N3OS2/c1-28-18-16(22)7-12(21)8-17(18)30(33-27)10-13-6-11(9-29(13)32-26)19(31)14-4-2-3-5-15(14)20(23,24)25/h2-9H,1,10H2. The number of benzene rings is 2. The van der Waals surface area contributed by atoms with Crippen LogP contribution in [0.25, 0.3) is 0 Å². The first-order valence-corrected chi connectivity index (χ1v) is 10.3. The summed E-state index contributed by atoms with van der Waals surface area (Å²) in [5, 5.41) is 0. The first-order chi connectivity index (χ1) is 15.6. The van der Waals surface area contributed by atoms with Crippen LogP contribution in [0.5, 0.6) is 0 Å². The molecule has 33 heavy (non-hydrogen) atoms. The Morgan fingerprint density at radius 1 is 1.18 bits per heavy atom. The van der Waals surface area contributed by atoms with Gasteiger partial charge in [-0.25, -0.2) is 4.39 Å². The lowest BCUT2D eigenvalue weighted by Gasteiger charge is -2.21. The number of carbonyl (C=O) groups excluding carboxylic acids is 1. The SMILES string of the molecule is [B]c1cc(F)c(N=C)c(N(Cc2cc(C(=O)c3ccccc3C(F)(F)F)cn2SF)SF)c1. The third-order valence-electron chi connectivity index (χ3n) is 4.56. The van der Waals surface area contributed by atoms with Gasteiger partial charge in [0.2, 0.25) is 0 Å². The number of anilines is 1. The van der Waals surface area contributed by atoms with Gasteiger partial charge in [-0.1, -0.05) is 23.7 Å². The summed E-state index contributed by atoms with van der Waals surface area (Å²) < 4.78 is 83.0. The number of aliphatic imine (C=N–C) groups is 1. The molecule has 3 aromatic rings. The molecule has 13 heteroatoms. The highest BCUT2D eigenvalue weighted by Crippen LogP contribution is 2.37. The third kappa shape index (κ3) is 5.24. The van der Waals surface area contributed by atoms with Crippen molar-refractivity contribution in [1.82, 2.24) is 3.97 Å². The number of halogens is 6. The Morgan fingerprint density at radius 2 is 1.88 bits per heavy atom. The number of alkyl halides is 3. The van der Waals surface area contributed by atoms with Gasteiger partial charge in [-0.05, 0) is 31.0 Å². The van der Waals surface area contributed by atoms with E-state index in [1.165, 1.54) is 12.1 Å². The Kier molecular flexibility index (Phi) is 7.53. The lowest BCUT2D eigenvalue weighted by atomic mass is 9.95. The van der Waals surface area contributed by atoms with Crippen molar-refractivity contribution in [2.24, 2.45) is 4.99 Å². The fourth-order valence-corrected chi connectivity index (χ4v) is 3.87. The maximum absolute atomic E-state index is 14.1. The minimum Gasteiger partial charge on any atom is -0.289 e. The number of hydrogen-bond acceptors (Lipinski definition) is 5. The zero-order valence-electron chi connectivity index (χ0n) is 16.4. The molecule has 2 radical (unpaired) electrons. The van der Waals surface area contributed by atoms with Crippen LogP contribution in [0.1, 0.15) is 27.2 Å². The molecule has 0 N–H and O–H groups in total. The van der Waals surface area contributed by atoms with E-state index in [2.05, 4.69) is 11.7 Å². The van der Waals surface area contributed by atoms with Crippen LogP contribution >= 0.6 is 24.7 Å². The zero-order valence-corrected chi connectivity index (χ0v) is 18.1. The Labute approximate surface area is 194 Å². The minimum atomic E-state index is -4.78. The molecule has 0 aliphatic heterocycles. The topological polar surface area (TPSA) is 37.6 Å². The van der Waals surface area contributed by atoms with Crippen molar-refractivity contribution in [2.75, 3.05) is 4.31 Å². The van der Waals surface area contributed by atoms with E-state index < -0.39 is 35.4 Å². The van der Waals surface area contributed by atoms with E-state index in [0.717, 1.165) is 44.8 Å². The van der Waals surface area contributed by atoms with Crippen LogP contribution in [0, 0.1) is 5.82 Å². The molecule has 0 unspecified atom stereocenters. The summed E-state index contributed by atoms with van der Waals surface area (Å²) >= 11 is -0.700. The van der Waals surface area contributed by atoms with Gasteiger partial charge in [0.05, 0.1) is 23.5 Å². The average Bonchev–Trinajstić information content (AvgIpc) is 3.18. The normalized spacial score (nSPS) is 11.5. The summed E-state index contributed by atoms with van der Waals surface area (Å²) in [6.07, 6.45) is -3.79. The second-order valence-electron chi connectivity index (χ2n) is 6.62. The molecule has 0 bridgehead atoms. The summed E-state index contributed by atoms with van der Waals surface area (Å²) in [7, 11) is 5.62. The number of carbonyl (C=O) groups is 1. The summed E-state index contributed by atoms with van der Waals surface area (Å²) in [6.45, 7) is 2.81. The van der Waals surface area contributed by atoms with Crippen LogP contribution in [-0.2, 0) is 12.7 Å². The molecule has 0 atom stereocenters. The number of rotatable bonds is 8. The molecular weight excluding hydrogens is 487 g/mol. The fraction of sp³-hybridized carbons (Fsp3) is 0.100. The Morgan fingerprint density at radius 3 is 2.48 bits per heavy atom. The molecular formula is C20H12BF6N3OS2. The van der Waals surface area contributed by atoms with E-state index in [9.17, 15) is 30.1 Å². The van der Waals surface area contributed by atoms with Gasteiger partial charge in [-0.2, -0.15) is 13.2 Å². The first-order valence-electron chi connectivity index (χ1n) is 8.94. The molecule has 0 spiro atoms. The van der Waals surface area contributed by atoms with Gasteiger partial charge in [-0.15, -0.1) is 7.77 Å². The van der Waals surface area contributed by atoms with Gasteiger partial charge < -0.3 is 0 Å². The van der Waals surface area contributed by atoms with Crippen molar-refractivity contribution < 1.29 is 30.1 Å². The quantitative estimate of drug-likeness (QED) is 0.127. The molecule has 2 aromatic carbocycles. The highest BCUT2D eigenvalue weighted by atomic mass is 32.2. The van der Waals surface area contributed by atoms with Crippen LogP contribution < -0.4 is 9.77 Å². The maximum atomic E-state index is 14.1. The highest BCUT2D eigenvalue weighted by molar-refractivity contribution is 7.95. The Balaban J connectivity index is 2.00. The van der Waals surface area contributed by atoms with Crippen molar-refractivity contribution in [2.45, 2.75) is 12.7 Å². The van der Waals surface area contributed by atoms with Gasteiger partial charge in [0, 0.05) is 17.3 Å². The van der Waals surface area contributed by atoms with Crippen molar-refractivity contribution in [3.8, 4) is 0 Å². The predicted molar refractivity (Wildman–Crippen MR) is 119 cm³/mol. The Hall–Kier alpha value is -2.80. The van der Waals surface area contributed by atoms with E-state index in [1.54, 1.807) is 0 Å². The number of nitrogens with zero attached hydrogens (tertiary/aromatic N) is 3. The van der Waals surface area contributed by atoms with Crippen molar-refractivity contribution in [3.63, 3.8) is 0 Å². The molecule has 0 saturated heterocycles. The van der Waals surface area contributed by atoms with Crippen LogP contribution in [0.15, 0.2) is 53.7 Å². The minimum absolute atomic E-state index is 0.00154. The van der Waals surface area contributed by atoms with Gasteiger partial charge in [0.15, 0.2) is 30.5 Å². The van der Waals surface area contributed by atoms with Crippen molar-refractivity contribution in [1.29, 1.82) is 0 Å². The van der Waals surface area contributed by atoms with Gasteiger partial charge in [0.1, 0.15) is 19.4 Å². The monoisotopic (exact) mass is 499 g/mol. The smallest absolute Gasteiger partial charge is 0.289 e. The second kappa shape index (κ2) is 10.00. The summed E-state index contributed by atoms with van der Waals surface area (Å²) in [5.41, 5.74) is -2.48. The van der Waals surface area contributed by atoms with E-state index >= 15 is 0 Å². The molecule has 4 nitrogen and oxygen atoms in total. The summed E-state index contributed by atoms with van der Waals surface area (Å²) in [5.74, 6) is -1.87. The van der Waals surface area contributed by atoms with Crippen LogP contribution in [-0.4, -0.2) is 24.3 Å². The summed E-state index contributed by atoms with van der Waals surface area (Å²) in [4.78, 5) is 16.3. The van der Waals surface area contributed by atoms with Crippen LogP contribution in [0.2, 0.25) is 0 Å². The maximum Gasteiger partial charge on any atom is 0.417 e. The van der Waals surface area contributed by atoms with E-state index in [1.807, 2.05) is 0 Å². The zero-order chi connectivity index (χ0) is 24.3. The third-order valence-corrected chi connectivity index (χ3v) is 5.54. The number of hydrogen-bond donors (Lipinski definition) is 0. The largest absolute Gasteiger partial charge is 0.417 e. The van der Waals surface area contributed by atoms with Gasteiger partial charge in [0.25, 0.3) is 0 Å². The number of aromatic nitrogens is 1. The Bertz CT molecular complexity index is 1200. The fourth-order valence-electron chi connectivity index (χ4n) is 3.12. The lowest BCUT2D eigenvalue weighted by molar-refractivity contribution is -0.137. The molecule has 0 saturated carbocycles. The lowest BCUT2D eigenvalue weighted by Crippen LogP contribution is -2.17. The van der Waals surface area contributed by atoms with E-state index in [-0.39, 0.29) is 52.8 Å². The number of ketones is 1. The molecule has 3 rings (SSSR count).